The van der Waals surface area contributed by atoms with Gasteiger partial charge in [0.15, 0.2) is 4.90 Å². The summed E-state index contributed by atoms with van der Waals surface area (Å²) in [6.45, 7) is 9.06. The number of carbonyl (C=O) groups excluding carboxylic acids is 1. The molecule has 0 aliphatic carbocycles. The lowest BCUT2D eigenvalue weighted by atomic mass is 9.96. The monoisotopic (exact) mass is 534 g/mol. The van der Waals surface area contributed by atoms with E-state index in [0.717, 1.165) is 34.4 Å². The summed E-state index contributed by atoms with van der Waals surface area (Å²) in [5.41, 5.74) is 1.78. The summed E-state index contributed by atoms with van der Waals surface area (Å²) in [5.74, 6) is -0.0687. The number of anilines is 1. The standard InChI is InChI=1S/C29H30N4O4S.2H2/c1-18-16-29(3,4)33(17-18)26-23(27(34)32-38(36,37)25-10-7-15-30-28(25)35)13-14-24(31-26)22-12-11-19(2)20-8-5-6-9-21(20)22;;/h5-15,18H,16-17H2,1-4H3,(H,30,35)(H,32,34);2*1H/t18-;;/m0../s1. The third-order valence-corrected chi connectivity index (χ3v) is 8.52. The predicted molar refractivity (Wildman–Crippen MR) is 153 cm³/mol. The molecule has 8 nitrogen and oxygen atoms in total. The molecule has 0 bridgehead atoms. The van der Waals surface area contributed by atoms with E-state index in [4.69, 9.17) is 4.98 Å². The summed E-state index contributed by atoms with van der Waals surface area (Å²) >= 11 is 0. The van der Waals surface area contributed by atoms with Crippen molar-refractivity contribution in [1.82, 2.24) is 14.7 Å². The van der Waals surface area contributed by atoms with Gasteiger partial charge in [0.2, 0.25) is 0 Å². The fraction of sp³-hybridized carbons (Fsp3) is 0.276. The van der Waals surface area contributed by atoms with Crippen molar-refractivity contribution in [2.24, 2.45) is 5.92 Å². The molecule has 38 heavy (non-hydrogen) atoms. The van der Waals surface area contributed by atoms with Gasteiger partial charge in [0, 0.05) is 26.7 Å². The molecule has 1 aliphatic heterocycles. The van der Waals surface area contributed by atoms with Crippen molar-refractivity contribution in [1.29, 1.82) is 0 Å². The van der Waals surface area contributed by atoms with Gasteiger partial charge in [-0.1, -0.05) is 43.3 Å². The van der Waals surface area contributed by atoms with Gasteiger partial charge in [0.05, 0.1) is 11.3 Å². The lowest BCUT2D eigenvalue weighted by molar-refractivity contribution is 0.0981. The normalized spacial score (nSPS) is 17.1. The van der Waals surface area contributed by atoms with E-state index in [0.29, 0.717) is 24.0 Å². The maximum Gasteiger partial charge on any atom is 0.269 e. The van der Waals surface area contributed by atoms with Crippen molar-refractivity contribution in [3.63, 3.8) is 0 Å². The smallest absolute Gasteiger partial charge is 0.269 e. The molecular weight excluding hydrogens is 500 g/mol. The average molecular weight is 535 g/mol. The van der Waals surface area contributed by atoms with Gasteiger partial charge in [0.1, 0.15) is 5.82 Å². The van der Waals surface area contributed by atoms with Crippen molar-refractivity contribution < 1.29 is 16.1 Å². The Balaban J connectivity index is 0.00000220. The Labute approximate surface area is 224 Å². The lowest BCUT2D eigenvalue weighted by Gasteiger charge is -2.34. The molecule has 1 saturated heterocycles. The quantitative estimate of drug-likeness (QED) is 0.367. The molecule has 4 aromatic rings. The highest BCUT2D eigenvalue weighted by atomic mass is 32.2. The minimum atomic E-state index is -4.40. The van der Waals surface area contributed by atoms with Gasteiger partial charge in [-0.2, -0.15) is 0 Å². The summed E-state index contributed by atoms with van der Waals surface area (Å²) < 4.78 is 27.9. The van der Waals surface area contributed by atoms with Crippen molar-refractivity contribution in [2.75, 3.05) is 11.4 Å². The van der Waals surface area contributed by atoms with E-state index >= 15 is 0 Å². The van der Waals surface area contributed by atoms with Crippen LogP contribution in [0, 0.1) is 12.8 Å². The molecule has 3 heterocycles. The first-order valence-corrected chi connectivity index (χ1v) is 14.0. The number of benzene rings is 2. The minimum Gasteiger partial charge on any atom is -0.351 e. The molecule has 0 unspecified atom stereocenters. The highest BCUT2D eigenvalue weighted by Crippen LogP contribution is 2.39. The van der Waals surface area contributed by atoms with Crippen LogP contribution in [0.2, 0.25) is 0 Å². The summed E-state index contributed by atoms with van der Waals surface area (Å²) in [4.78, 5) is 34.4. The van der Waals surface area contributed by atoms with E-state index in [-0.39, 0.29) is 14.0 Å². The second-order valence-corrected chi connectivity index (χ2v) is 12.2. The number of hydrogen-bond acceptors (Lipinski definition) is 6. The molecule has 2 aromatic heterocycles. The largest absolute Gasteiger partial charge is 0.351 e. The number of fused-ring (bicyclic) bond motifs is 1. The summed E-state index contributed by atoms with van der Waals surface area (Å²) in [7, 11) is -4.40. The highest BCUT2D eigenvalue weighted by molar-refractivity contribution is 7.90. The van der Waals surface area contributed by atoms with Gasteiger partial charge >= 0.3 is 0 Å². The zero-order chi connectivity index (χ0) is 27.2. The van der Waals surface area contributed by atoms with Crippen LogP contribution in [0.5, 0.6) is 0 Å². The Morgan fingerprint density at radius 1 is 1.08 bits per heavy atom. The molecule has 2 aromatic carbocycles. The zero-order valence-electron chi connectivity index (χ0n) is 21.8. The van der Waals surface area contributed by atoms with Crippen LogP contribution in [0.25, 0.3) is 22.0 Å². The van der Waals surface area contributed by atoms with E-state index in [1.807, 2.05) is 30.3 Å². The number of sulfonamides is 1. The molecule has 1 atom stereocenters. The number of aromatic nitrogens is 2. The highest BCUT2D eigenvalue weighted by Gasteiger charge is 2.39. The number of rotatable bonds is 5. The summed E-state index contributed by atoms with van der Waals surface area (Å²) in [5, 5.41) is 2.16. The van der Waals surface area contributed by atoms with Crippen molar-refractivity contribution in [3.05, 3.63) is 88.3 Å². The van der Waals surface area contributed by atoms with Gasteiger partial charge in [-0.3, -0.25) is 9.59 Å². The average Bonchev–Trinajstić information content (AvgIpc) is 3.15. The van der Waals surface area contributed by atoms with Crippen LogP contribution < -0.4 is 15.2 Å². The molecular formula is C29H34N4O4S. The van der Waals surface area contributed by atoms with Crippen LogP contribution in [-0.4, -0.2) is 36.4 Å². The third-order valence-electron chi connectivity index (χ3n) is 7.17. The first-order valence-electron chi connectivity index (χ1n) is 12.5. The molecule has 0 saturated carbocycles. The second kappa shape index (κ2) is 9.40. The van der Waals surface area contributed by atoms with Gasteiger partial charge in [0.25, 0.3) is 21.5 Å². The predicted octanol–water partition coefficient (Wildman–Crippen LogP) is 5.13. The molecule has 0 spiro atoms. The van der Waals surface area contributed by atoms with E-state index in [9.17, 15) is 18.0 Å². The maximum atomic E-state index is 13.5. The molecule has 1 aliphatic rings. The van der Waals surface area contributed by atoms with Crippen LogP contribution in [0.3, 0.4) is 0 Å². The number of carbonyl (C=O) groups is 1. The molecule has 9 heteroatoms. The fourth-order valence-electron chi connectivity index (χ4n) is 5.46. The molecule has 200 valence electrons. The molecule has 1 amide bonds. The lowest BCUT2D eigenvalue weighted by Crippen LogP contribution is -2.41. The number of aromatic amines is 1. The number of nitrogens with zero attached hydrogens (tertiary/aromatic N) is 2. The Morgan fingerprint density at radius 2 is 1.82 bits per heavy atom. The number of nitrogens with one attached hydrogen (secondary N) is 2. The topological polar surface area (TPSA) is 112 Å². The minimum absolute atomic E-state index is 0. The van der Waals surface area contributed by atoms with Gasteiger partial charge in [-0.15, -0.1) is 0 Å². The number of H-pyrrole nitrogens is 1. The number of pyridine rings is 2. The van der Waals surface area contributed by atoms with E-state index in [1.54, 1.807) is 12.1 Å². The Hall–Kier alpha value is -3.98. The SMILES string of the molecule is Cc1ccc(-c2ccc(C(=O)NS(=O)(=O)c3ccc[nH]c3=O)c(N3C[C@@H](C)CC3(C)C)n2)c2ccccc12.[HH].[HH]. The van der Waals surface area contributed by atoms with Crippen molar-refractivity contribution in [3.8, 4) is 11.3 Å². The van der Waals surface area contributed by atoms with E-state index in [1.165, 1.54) is 12.3 Å². The van der Waals surface area contributed by atoms with Gasteiger partial charge in [-0.05, 0) is 73.7 Å². The Kier molecular flexibility index (Phi) is 6.35. The second-order valence-electron chi connectivity index (χ2n) is 10.6. The molecule has 2 N–H and O–H groups in total. The first-order chi connectivity index (χ1) is 18.0. The fourth-order valence-corrected chi connectivity index (χ4v) is 6.49. The molecule has 0 radical (unpaired) electrons. The van der Waals surface area contributed by atoms with Crippen molar-refractivity contribution in [2.45, 2.75) is 44.6 Å². The van der Waals surface area contributed by atoms with E-state index < -0.39 is 26.4 Å². The van der Waals surface area contributed by atoms with Crippen LogP contribution in [0.4, 0.5) is 5.82 Å². The van der Waals surface area contributed by atoms with E-state index in [2.05, 4.69) is 48.4 Å². The van der Waals surface area contributed by atoms with Gasteiger partial charge < -0.3 is 9.88 Å². The first kappa shape index (κ1) is 25.7. The summed E-state index contributed by atoms with van der Waals surface area (Å²) in [6.07, 6.45) is 2.22. The number of aryl methyl sites for hydroxylation is 1. The van der Waals surface area contributed by atoms with Crippen LogP contribution in [0.15, 0.2) is 76.6 Å². The van der Waals surface area contributed by atoms with Crippen LogP contribution >= 0.6 is 0 Å². The molecule has 5 rings (SSSR count). The summed E-state index contributed by atoms with van der Waals surface area (Å²) in [6, 6.07) is 18.1. The third kappa shape index (κ3) is 4.58. The van der Waals surface area contributed by atoms with Crippen LogP contribution in [-0.2, 0) is 10.0 Å². The Bertz CT molecular complexity index is 1740. The number of hydrogen-bond donors (Lipinski definition) is 2. The van der Waals surface area contributed by atoms with Crippen molar-refractivity contribution >= 4 is 32.5 Å². The van der Waals surface area contributed by atoms with Gasteiger partial charge in [-0.25, -0.2) is 18.1 Å². The molecule has 1 fully saturated rings. The maximum absolute atomic E-state index is 13.5. The van der Waals surface area contributed by atoms with Crippen LogP contribution in [0.1, 0.15) is 46.0 Å². The number of amides is 1. The zero-order valence-corrected chi connectivity index (χ0v) is 22.6. The Morgan fingerprint density at radius 3 is 2.50 bits per heavy atom.